The van der Waals surface area contributed by atoms with E-state index in [9.17, 15) is 18.0 Å². The first kappa shape index (κ1) is 18.7. The van der Waals surface area contributed by atoms with Gasteiger partial charge in [-0.25, -0.2) is 14.5 Å². The topological polar surface area (TPSA) is 57.0 Å². The molecule has 25 heavy (non-hydrogen) atoms. The summed E-state index contributed by atoms with van der Waals surface area (Å²) in [5, 5.41) is 4.12. The lowest BCUT2D eigenvalue weighted by atomic mass is 10.1. The highest BCUT2D eigenvalue weighted by Gasteiger charge is 2.31. The molecule has 0 aliphatic heterocycles. The lowest BCUT2D eigenvalue weighted by molar-refractivity contribution is -0.143. The molecule has 2 aromatic rings. The molecule has 0 saturated heterocycles. The number of carbonyl (C=O) groups is 1. The number of esters is 1. The van der Waals surface area contributed by atoms with Crippen LogP contribution < -0.4 is 0 Å². The van der Waals surface area contributed by atoms with Crippen LogP contribution >= 0.6 is 0 Å². The Balaban J connectivity index is 2.20. The number of nitrogens with zero attached hydrogens (tertiary/aromatic N) is 3. The van der Waals surface area contributed by atoms with Gasteiger partial charge in [0.1, 0.15) is 6.33 Å². The lowest BCUT2D eigenvalue weighted by Crippen LogP contribution is -2.16. The maximum absolute atomic E-state index is 12.9. The summed E-state index contributed by atoms with van der Waals surface area (Å²) < 4.78 is 45.1. The van der Waals surface area contributed by atoms with Crippen LogP contribution in [0.3, 0.4) is 0 Å². The summed E-state index contributed by atoms with van der Waals surface area (Å²) in [6.07, 6.45) is -3.39. The third-order valence-electron chi connectivity index (χ3n) is 3.18. The molecule has 0 unspecified atom stereocenters. The van der Waals surface area contributed by atoms with E-state index in [4.69, 9.17) is 4.74 Å². The first-order chi connectivity index (χ1) is 11.6. The fourth-order valence-electron chi connectivity index (χ4n) is 2.14. The Bertz CT molecular complexity index is 795. The van der Waals surface area contributed by atoms with Crippen molar-refractivity contribution < 1.29 is 22.7 Å². The van der Waals surface area contributed by atoms with E-state index >= 15 is 0 Å². The fraction of sp³-hybridized carbons (Fsp3) is 0.353. The van der Waals surface area contributed by atoms with E-state index in [0.717, 1.165) is 12.1 Å². The van der Waals surface area contributed by atoms with Crippen LogP contribution in [-0.2, 0) is 22.3 Å². The van der Waals surface area contributed by atoms with Crippen molar-refractivity contribution in [1.82, 2.24) is 14.8 Å². The van der Waals surface area contributed by atoms with Crippen molar-refractivity contribution in [3.63, 3.8) is 0 Å². The van der Waals surface area contributed by atoms with Crippen LogP contribution in [0.25, 0.3) is 11.4 Å². The highest BCUT2D eigenvalue weighted by Crippen LogP contribution is 2.32. The molecule has 0 bridgehead atoms. The molecule has 0 saturated carbocycles. The zero-order chi connectivity index (χ0) is 18.8. The van der Waals surface area contributed by atoms with E-state index in [1.54, 1.807) is 26.8 Å². The second kappa shape index (κ2) is 7.08. The Morgan fingerprint density at radius 3 is 2.60 bits per heavy atom. The number of ether oxygens (including phenoxy) is 1. The number of alkyl halides is 3. The van der Waals surface area contributed by atoms with Gasteiger partial charge in [0.2, 0.25) is 0 Å². The number of aryl methyl sites for hydroxylation is 1. The molecular formula is C17H18F3N3O2. The smallest absolute Gasteiger partial charge is 0.416 e. The van der Waals surface area contributed by atoms with Gasteiger partial charge >= 0.3 is 12.1 Å². The molecule has 1 aromatic carbocycles. The number of halogens is 3. The van der Waals surface area contributed by atoms with Gasteiger partial charge in [0.05, 0.1) is 23.8 Å². The molecule has 0 amide bonds. The third kappa shape index (κ3) is 4.91. The summed E-state index contributed by atoms with van der Waals surface area (Å²) in [7, 11) is 0. The van der Waals surface area contributed by atoms with Gasteiger partial charge in [-0.05, 0) is 44.5 Å². The fourth-order valence-corrected chi connectivity index (χ4v) is 2.14. The Morgan fingerprint density at radius 1 is 1.32 bits per heavy atom. The number of hydrogen-bond donors (Lipinski definition) is 0. The van der Waals surface area contributed by atoms with Gasteiger partial charge in [0, 0.05) is 5.56 Å². The first-order valence-electron chi connectivity index (χ1n) is 7.53. The average Bonchev–Trinajstić information content (AvgIpc) is 2.93. The molecular weight excluding hydrogens is 335 g/mol. The molecule has 5 nitrogen and oxygen atoms in total. The largest absolute Gasteiger partial charge is 0.460 e. The van der Waals surface area contributed by atoms with Gasteiger partial charge in [-0.1, -0.05) is 6.58 Å². The van der Waals surface area contributed by atoms with Crippen LogP contribution in [0.4, 0.5) is 13.2 Å². The van der Waals surface area contributed by atoms with Gasteiger partial charge < -0.3 is 4.74 Å². The predicted molar refractivity (Wildman–Crippen MR) is 85.6 cm³/mol. The van der Waals surface area contributed by atoms with Gasteiger partial charge in [-0.2, -0.15) is 18.3 Å². The van der Waals surface area contributed by atoms with Crippen molar-refractivity contribution in [1.29, 1.82) is 0 Å². The molecule has 1 heterocycles. The van der Waals surface area contributed by atoms with Crippen LogP contribution in [0.1, 0.15) is 25.0 Å². The van der Waals surface area contributed by atoms with Gasteiger partial charge in [-0.15, -0.1) is 0 Å². The van der Waals surface area contributed by atoms with Crippen LogP contribution in [0.15, 0.2) is 36.7 Å². The third-order valence-corrected chi connectivity index (χ3v) is 3.18. The molecule has 2 rings (SSSR count). The van der Waals surface area contributed by atoms with Crippen molar-refractivity contribution in [3.05, 3.63) is 47.8 Å². The zero-order valence-corrected chi connectivity index (χ0v) is 14.1. The van der Waals surface area contributed by atoms with Crippen LogP contribution in [0.2, 0.25) is 0 Å². The highest BCUT2D eigenvalue weighted by atomic mass is 19.4. The summed E-state index contributed by atoms with van der Waals surface area (Å²) in [6, 6.07) is 3.62. The van der Waals surface area contributed by atoms with E-state index < -0.39 is 17.7 Å². The van der Waals surface area contributed by atoms with E-state index in [-0.39, 0.29) is 29.6 Å². The van der Waals surface area contributed by atoms with Crippen molar-refractivity contribution in [2.75, 3.05) is 0 Å². The van der Waals surface area contributed by atoms with E-state index in [2.05, 4.69) is 16.7 Å². The summed E-state index contributed by atoms with van der Waals surface area (Å²) >= 11 is 0. The molecule has 0 aliphatic rings. The highest BCUT2D eigenvalue weighted by molar-refractivity contribution is 5.87. The van der Waals surface area contributed by atoms with Crippen LogP contribution in [0.5, 0.6) is 0 Å². The van der Waals surface area contributed by atoms with Crippen LogP contribution in [0, 0.1) is 6.92 Å². The maximum atomic E-state index is 12.9. The summed E-state index contributed by atoms with van der Waals surface area (Å²) in [6.45, 7) is 8.67. The van der Waals surface area contributed by atoms with Crippen molar-refractivity contribution in [2.24, 2.45) is 0 Å². The Labute approximate surface area is 143 Å². The van der Waals surface area contributed by atoms with E-state index in [1.807, 2.05) is 0 Å². The Kier molecular flexibility index (Phi) is 5.30. The normalized spacial score (nSPS) is 11.6. The summed E-state index contributed by atoms with van der Waals surface area (Å²) in [5.74, 6) is -0.416. The summed E-state index contributed by atoms with van der Waals surface area (Å²) in [4.78, 5) is 15.7. The molecule has 0 atom stereocenters. The monoisotopic (exact) mass is 353 g/mol. The number of hydrogen-bond acceptors (Lipinski definition) is 4. The minimum atomic E-state index is -4.45. The van der Waals surface area contributed by atoms with Gasteiger partial charge in [-0.3, -0.25) is 0 Å². The quantitative estimate of drug-likeness (QED) is 0.606. The van der Waals surface area contributed by atoms with Crippen LogP contribution in [-0.4, -0.2) is 26.8 Å². The SMILES string of the molecule is C=C(Cn1cnc(-c2cc(C)cc(C(F)(F)F)c2)n1)C(=O)OC(C)C. The lowest BCUT2D eigenvalue weighted by Gasteiger charge is -2.10. The second-order valence-corrected chi connectivity index (χ2v) is 5.91. The predicted octanol–water partition coefficient (Wildman–Crippen LogP) is 3.78. The standard InChI is InChI=1S/C17H18F3N3O2/c1-10(2)25-16(24)12(4)8-23-9-21-15(22-23)13-5-11(3)6-14(7-13)17(18,19)20/h5-7,9-10H,4,8H2,1-3H3. The van der Waals surface area contributed by atoms with Gasteiger partial charge in [0.15, 0.2) is 5.82 Å². The minimum Gasteiger partial charge on any atom is -0.460 e. The average molecular weight is 353 g/mol. The molecule has 0 radical (unpaired) electrons. The molecule has 1 aromatic heterocycles. The minimum absolute atomic E-state index is 0.0382. The van der Waals surface area contributed by atoms with Crippen molar-refractivity contribution in [3.8, 4) is 11.4 Å². The summed E-state index contributed by atoms with van der Waals surface area (Å²) in [5.41, 5.74) is 0.113. The molecule has 0 spiro atoms. The number of benzene rings is 1. The Hall–Kier alpha value is -2.64. The van der Waals surface area contributed by atoms with Crippen molar-refractivity contribution >= 4 is 5.97 Å². The molecule has 0 fully saturated rings. The molecule has 134 valence electrons. The van der Waals surface area contributed by atoms with E-state index in [1.165, 1.54) is 11.0 Å². The molecule has 8 heteroatoms. The van der Waals surface area contributed by atoms with Crippen molar-refractivity contribution in [2.45, 2.75) is 39.6 Å². The maximum Gasteiger partial charge on any atom is 0.416 e. The Morgan fingerprint density at radius 2 is 2.00 bits per heavy atom. The molecule has 0 aliphatic carbocycles. The second-order valence-electron chi connectivity index (χ2n) is 5.91. The number of aromatic nitrogens is 3. The zero-order valence-electron chi connectivity index (χ0n) is 14.1. The van der Waals surface area contributed by atoms with E-state index in [0.29, 0.717) is 5.56 Å². The molecule has 0 N–H and O–H groups in total. The van der Waals surface area contributed by atoms with Gasteiger partial charge in [0.25, 0.3) is 0 Å². The number of carbonyl (C=O) groups excluding carboxylic acids is 1. The number of rotatable bonds is 5. The first-order valence-corrected chi connectivity index (χ1v) is 7.53.